The van der Waals surface area contributed by atoms with Gasteiger partial charge in [-0.25, -0.2) is 0 Å². The van der Waals surface area contributed by atoms with Gasteiger partial charge in [0.2, 0.25) is 0 Å². The third-order valence-corrected chi connectivity index (χ3v) is 9.83. The predicted molar refractivity (Wildman–Crippen MR) is 218 cm³/mol. The minimum absolute atomic E-state index is 0.839. The second-order valence-corrected chi connectivity index (χ2v) is 13.7. The Bertz CT molecular complexity index is 1630. The predicted octanol–water partition coefficient (Wildman–Crippen LogP) is 14.4. The minimum Gasteiger partial charge on any atom is -0.252 e. The molecule has 0 bridgehead atoms. The number of hydrogen-bond acceptors (Lipinski definition) is 2. The summed E-state index contributed by atoms with van der Waals surface area (Å²) >= 11 is 0. The van der Waals surface area contributed by atoms with E-state index in [0.717, 1.165) is 54.9 Å². The van der Waals surface area contributed by atoms with E-state index in [9.17, 15) is 0 Å². The van der Waals surface area contributed by atoms with Crippen molar-refractivity contribution in [2.45, 2.75) is 138 Å². The van der Waals surface area contributed by atoms with Gasteiger partial charge in [-0.3, -0.25) is 9.98 Å². The van der Waals surface area contributed by atoms with Crippen molar-refractivity contribution in [3.05, 3.63) is 107 Å². The molecule has 0 N–H and O–H groups in total. The van der Waals surface area contributed by atoms with E-state index in [1.54, 1.807) is 0 Å². The maximum atomic E-state index is 5.38. The van der Waals surface area contributed by atoms with E-state index in [1.165, 1.54) is 109 Å². The summed E-state index contributed by atoms with van der Waals surface area (Å²) in [7, 11) is 0. The molecule has 0 saturated carbocycles. The summed E-state index contributed by atoms with van der Waals surface area (Å²) in [5, 5.41) is 0. The van der Waals surface area contributed by atoms with Gasteiger partial charge in [0.25, 0.3) is 0 Å². The van der Waals surface area contributed by atoms with Crippen LogP contribution in [0.5, 0.6) is 0 Å². The molecule has 0 aliphatic heterocycles. The van der Waals surface area contributed by atoms with E-state index in [0.29, 0.717) is 0 Å². The summed E-state index contributed by atoms with van der Waals surface area (Å²) in [6.45, 7) is 13.5. The Morgan fingerprint density at radius 3 is 1.71 bits per heavy atom. The second kappa shape index (κ2) is 20.7. The lowest BCUT2D eigenvalue weighted by Crippen LogP contribution is -2.09. The van der Waals surface area contributed by atoms with Crippen molar-refractivity contribution >= 4 is 22.8 Å². The molecular formula is C47H62N2. The van der Waals surface area contributed by atoms with Crippen LogP contribution >= 0.6 is 0 Å². The van der Waals surface area contributed by atoms with Crippen molar-refractivity contribution in [1.29, 1.82) is 0 Å². The molecule has 0 spiro atoms. The first kappa shape index (κ1) is 38.0. The van der Waals surface area contributed by atoms with E-state index < -0.39 is 0 Å². The Morgan fingerprint density at radius 1 is 0.510 bits per heavy atom. The number of aryl methyl sites for hydroxylation is 3. The molecule has 0 heterocycles. The minimum atomic E-state index is 0.839. The van der Waals surface area contributed by atoms with Gasteiger partial charge in [0.1, 0.15) is 0 Å². The first-order valence-electron chi connectivity index (χ1n) is 19.6. The number of nitrogens with zero attached hydrogens (tertiary/aromatic N) is 2. The highest BCUT2D eigenvalue weighted by molar-refractivity contribution is 6.42. The fraction of sp³-hybridized carbons (Fsp3) is 0.447. The normalized spacial score (nSPS) is 12.1. The van der Waals surface area contributed by atoms with Crippen LogP contribution in [-0.4, -0.2) is 11.4 Å². The van der Waals surface area contributed by atoms with Crippen molar-refractivity contribution in [3.63, 3.8) is 0 Å². The summed E-state index contributed by atoms with van der Waals surface area (Å²) in [5.74, 6) is 0. The standard InChI is InChI=1S/C47H62N2/c1-7-12-15-16-17-20-30-40-33-43(35-45(44(40)31-14-9-3)38-26-21-18-22-27-38)49-46(11-5)36(6)48-42-32-37(10-4)47(39-28-23-19-24-29-39)41(34-42)25-13-8-2/h18-19,21-24,26-29,32-35H,7-17,20,25,30-31H2,1-6H3. The fourth-order valence-corrected chi connectivity index (χ4v) is 7.09. The van der Waals surface area contributed by atoms with Gasteiger partial charge >= 0.3 is 0 Å². The summed E-state index contributed by atoms with van der Waals surface area (Å²) < 4.78 is 0. The molecule has 0 amide bonds. The van der Waals surface area contributed by atoms with Crippen LogP contribution in [0.1, 0.15) is 134 Å². The van der Waals surface area contributed by atoms with Crippen molar-refractivity contribution in [1.82, 2.24) is 0 Å². The summed E-state index contributed by atoms with van der Waals surface area (Å²) in [5.41, 5.74) is 15.3. The molecule has 0 saturated heterocycles. The molecule has 0 unspecified atom stereocenters. The number of hydrogen-bond donors (Lipinski definition) is 0. The monoisotopic (exact) mass is 654 g/mol. The molecule has 0 aliphatic carbocycles. The Hall–Kier alpha value is -3.78. The number of rotatable bonds is 20. The Morgan fingerprint density at radius 2 is 1.06 bits per heavy atom. The molecule has 4 aromatic carbocycles. The third kappa shape index (κ3) is 11.1. The molecule has 2 heteroatoms. The van der Waals surface area contributed by atoms with Crippen molar-refractivity contribution in [2.24, 2.45) is 9.98 Å². The number of unbranched alkanes of at least 4 members (excludes halogenated alkanes) is 7. The van der Waals surface area contributed by atoms with E-state index in [1.807, 2.05) is 0 Å². The highest BCUT2D eigenvalue weighted by Crippen LogP contribution is 2.36. The van der Waals surface area contributed by atoms with Gasteiger partial charge in [-0.1, -0.05) is 140 Å². The molecule has 260 valence electrons. The van der Waals surface area contributed by atoms with Crippen LogP contribution in [0.3, 0.4) is 0 Å². The Kier molecular flexibility index (Phi) is 16.0. The molecular weight excluding hydrogens is 593 g/mol. The van der Waals surface area contributed by atoms with Crippen LogP contribution in [0.4, 0.5) is 11.4 Å². The van der Waals surface area contributed by atoms with E-state index in [4.69, 9.17) is 9.98 Å². The largest absolute Gasteiger partial charge is 0.252 e. The summed E-state index contributed by atoms with van der Waals surface area (Å²) in [6.07, 6.45) is 17.8. The summed E-state index contributed by atoms with van der Waals surface area (Å²) in [4.78, 5) is 10.6. The average Bonchev–Trinajstić information content (AvgIpc) is 3.14. The fourth-order valence-electron chi connectivity index (χ4n) is 7.09. The third-order valence-electron chi connectivity index (χ3n) is 9.83. The molecule has 0 fully saturated rings. The molecule has 0 aromatic heterocycles. The maximum absolute atomic E-state index is 5.38. The van der Waals surface area contributed by atoms with Crippen LogP contribution in [0.15, 0.2) is 94.9 Å². The first-order valence-corrected chi connectivity index (χ1v) is 19.6. The van der Waals surface area contributed by atoms with E-state index >= 15 is 0 Å². The SMILES string of the molecule is CCCCCCCCc1cc(N=C(CC)C(C)=Nc2cc(CC)c(-c3ccccc3)c(CCCC)c2)cc(-c2ccccc2)c1CCCC. The van der Waals surface area contributed by atoms with Crippen LogP contribution in [-0.2, 0) is 25.7 Å². The number of aliphatic imine (C=N–C) groups is 2. The van der Waals surface area contributed by atoms with Crippen molar-refractivity contribution < 1.29 is 0 Å². The van der Waals surface area contributed by atoms with Crippen LogP contribution < -0.4 is 0 Å². The zero-order valence-electron chi connectivity index (χ0n) is 31.6. The first-order chi connectivity index (χ1) is 24.0. The van der Waals surface area contributed by atoms with Crippen LogP contribution in [0.2, 0.25) is 0 Å². The topological polar surface area (TPSA) is 24.7 Å². The summed E-state index contributed by atoms with van der Waals surface area (Å²) in [6, 6.07) is 31.3. The highest BCUT2D eigenvalue weighted by atomic mass is 14.8. The lowest BCUT2D eigenvalue weighted by atomic mass is 9.89. The van der Waals surface area contributed by atoms with Gasteiger partial charge in [0, 0.05) is 0 Å². The molecule has 2 nitrogen and oxygen atoms in total. The van der Waals surface area contributed by atoms with Gasteiger partial charge in [0.05, 0.1) is 22.8 Å². The number of benzene rings is 4. The zero-order valence-corrected chi connectivity index (χ0v) is 31.6. The van der Waals surface area contributed by atoms with Crippen LogP contribution in [0, 0.1) is 0 Å². The molecule has 0 atom stereocenters. The van der Waals surface area contributed by atoms with Gasteiger partial charge < -0.3 is 0 Å². The van der Waals surface area contributed by atoms with Crippen molar-refractivity contribution in [2.75, 3.05) is 0 Å². The lowest BCUT2D eigenvalue weighted by Gasteiger charge is -2.18. The van der Waals surface area contributed by atoms with Gasteiger partial charge in [-0.15, -0.1) is 0 Å². The maximum Gasteiger partial charge on any atom is 0.0642 e. The van der Waals surface area contributed by atoms with E-state index in [-0.39, 0.29) is 0 Å². The smallest absolute Gasteiger partial charge is 0.0642 e. The zero-order chi connectivity index (χ0) is 34.8. The molecule has 4 rings (SSSR count). The molecule has 4 aromatic rings. The molecule has 0 aliphatic rings. The molecule has 0 radical (unpaired) electrons. The highest BCUT2D eigenvalue weighted by Gasteiger charge is 2.15. The Labute approximate surface area is 299 Å². The van der Waals surface area contributed by atoms with Gasteiger partial charge in [-0.2, -0.15) is 0 Å². The van der Waals surface area contributed by atoms with Crippen LogP contribution in [0.25, 0.3) is 22.3 Å². The second-order valence-electron chi connectivity index (χ2n) is 13.7. The average molecular weight is 655 g/mol. The van der Waals surface area contributed by atoms with Gasteiger partial charge in [0.15, 0.2) is 0 Å². The van der Waals surface area contributed by atoms with Gasteiger partial charge in [-0.05, 0) is 127 Å². The van der Waals surface area contributed by atoms with E-state index in [2.05, 4.69) is 126 Å². The van der Waals surface area contributed by atoms with Crippen molar-refractivity contribution in [3.8, 4) is 22.3 Å². The Balaban J connectivity index is 1.76. The lowest BCUT2D eigenvalue weighted by molar-refractivity contribution is 0.606. The quantitative estimate of drug-likeness (QED) is 0.0669. The molecule has 49 heavy (non-hydrogen) atoms.